The van der Waals surface area contributed by atoms with Gasteiger partial charge in [0.1, 0.15) is 4.90 Å². The van der Waals surface area contributed by atoms with Crippen LogP contribution in [0.1, 0.15) is 38.3 Å². The summed E-state index contributed by atoms with van der Waals surface area (Å²) in [7, 11) is -4.22. The quantitative estimate of drug-likeness (QED) is 0.896. The van der Waals surface area contributed by atoms with Gasteiger partial charge in [0.2, 0.25) is 10.0 Å². The lowest BCUT2D eigenvalue weighted by atomic mass is 9.89. The summed E-state index contributed by atoms with van der Waals surface area (Å²) in [6.45, 7) is 2.07. The zero-order valence-electron chi connectivity index (χ0n) is 10.9. The number of aromatic amines is 1. The first kappa shape index (κ1) is 15.3. The van der Waals surface area contributed by atoms with E-state index in [0.717, 1.165) is 25.7 Å². The van der Waals surface area contributed by atoms with Gasteiger partial charge in [-0.2, -0.15) is 18.3 Å². The van der Waals surface area contributed by atoms with Crippen molar-refractivity contribution in [3.63, 3.8) is 0 Å². The summed E-state index contributed by atoms with van der Waals surface area (Å²) in [5.41, 5.74) is -1.53. The number of hydrogen-bond acceptors (Lipinski definition) is 3. The van der Waals surface area contributed by atoms with Crippen LogP contribution in [0.25, 0.3) is 0 Å². The van der Waals surface area contributed by atoms with E-state index in [0.29, 0.717) is 6.20 Å². The second-order valence-electron chi connectivity index (χ2n) is 5.45. The molecule has 1 fully saturated rings. The van der Waals surface area contributed by atoms with Gasteiger partial charge in [-0.15, -0.1) is 0 Å². The van der Waals surface area contributed by atoms with Crippen LogP contribution in [0, 0.1) is 5.41 Å². The molecule has 2 N–H and O–H groups in total. The maximum Gasteiger partial charge on any atom is 0.434 e. The Labute approximate surface area is 115 Å². The number of halogens is 3. The zero-order valence-corrected chi connectivity index (χ0v) is 11.7. The summed E-state index contributed by atoms with van der Waals surface area (Å²) in [5.74, 6) is 0. The average molecular weight is 311 g/mol. The van der Waals surface area contributed by atoms with Gasteiger partial charge in [-0.05, 0) is 18.3 Å². The molecule has 0 aromatic carbocycles. The van der Waals surface area contributed by atoms with Crippen molar-refractivity contribution >= 4 is 10.0 Å². The lowest BCUT2D eigenvalue weighted by molar-refractivity contribution is -0.143. The fraction of sp³-hybridized carbons (Fsp3) is 0.727. The lowest BCUT2D eigenvalue weighted by Gasteiger charge is -2.23. The maximum absolute atomic E-state index is 12.7. The molecule has 0 unspecified atom stereocenters. The van der Waals surface area contributed by atoms with Crippen molar-refractivity contribution in [2.45, 2.75) is 43.7 Å². The first-order chi connectivity index (χ1) is 9.14. The SMILES string of the molecule is CC1(CNS(=O)(=O)c2cn[nH]c2C(F)(F)F)CCCC1. The third-order valence-corrected chi connectivity index (χ3v) is 5.09. The molecule has 9 heteroatoms. The number of aromatic nitrogens is 2. The van der Waals surface area contributed by atoms with Crippen LogP contribution in [0.2, 0.25) is 0 Å². The Morgan fingerprint density at radius 3 is 2.55 bits per heavy atom. The minimum atomic E-state index is -4.78. The fourth-order valence-electron chi connectivity index (χ4n) is 2.43. The molecule has 1 aliphatic rings. The van der Waals surface area contributed by atoms with Gasteiger partial charge in [-0.3, -0.25) is 5.10 Å². The summed E-state index contributed by atoms with van der Waals surface area (Å²) >= 11 is 0. The molecule has 20 heavy (non-hydrogen) atoms. The van der Waals surface area contributed by atoms with Crippen LogP contribution in [0.4, 0.5) is 13.2 Å². The highest BCUT2D eigenvalue weighted by atomic mass is 32.2. The summed E-state index contributed by atoms with van der Waals surface area (Å²) in [5, 5.41) is 4.88. The summed E-state index contributed by atoms with van der Waals surface area (Å²) in [6, 6.07) is 0. The van der Waals surface area contributed by atoms with Crippen LogP contribution >= 0.6 is 0 Å². The van der Waals surface area contributed by atoms with Crippen LogP contribution in [0.3, 0.4) is 0 Å². The van der Waals surface area contributed by atoms with E-state index in [1.54, 1.807) is 5.10 Å². The Bertz CT molecular complexity index is 574. The minimum absolute atomic E-state index is 0.137. The molecule has 0 amide bonds. The van der Waals surface area contributed by atoms with Crippen molar-refractivity contribution in [2.24, 2.45) is 5.41 Å². The lowest BCUT2D eigenvalue weighted by Crippen LogP contribution is -2.34. The predicted octanol–water partition coefficient (Wildman–Crippen LogP) is 2.29. The number of alkyl halides is 3. The summed E-state index contributed by atoms with van der Waals surface area (Å²) < 4.78 is 64.2. The smallest absolute Gasteiger partial charge is 0.272 e. The molecule has 1 aromatic heterocycles. The molecule has 1 saturated carbocycles. The number of hydrogen-bond donors (Lipinski definition) is 2. The second kappa shape index (κ2) is 5.03. The normalized spacial score (nSPS) is 19.4. The third-order valence-electron chi connectivity index (χ3n) is 3.68. The molecule has 1 aliphatic carbocycles. The van der Waals surface area contributed by atoms with E-state index in [1.807, 2.05) is 6.92 Å². The van der Waals surface area contributed by atoms with E-state index in [9.17, 15) is 21.6 Å². The molecule has 114 valence electrons. The zero-order chi connectivity index (χ0) is 15.0. The fourth-order valence-corrected chi connectivity index (χ4v) is 3.75. The van der Waals surface area contributed by atoms with Gasteiger partial charge in [0.05, 0.1) is 6.20 Å². The molecule has 0 saturated heterocycles. The Balaban J connectivity index is 2.17. The Hall–Kier alpha value is -1.09. The largest absolute Gasteiger partial charge is 0.434 e. The monoisotopic (exact) mass is 311 g/mol. The predicted molar refractivity (Wildman–Crippen MR) is 65.4 cm³/mol. The van der Waals surface area contributed by atoms with Crippen molar-refractivity contribution in [3.05, 3.63) is 11.9 Å². The van der Waals surface area contributed by atoms with Crippen LogP contribution < -0.4 is 4.72 Å². The first-order valence-corrected chi connectivity index (χ1v) is 7.73. The van der Waals surface area contributed by atoms with E-state index in [1.165, 1.54) is 0 Å². The van der Waals surface area contributed by atoms with Crippen molar-refractivity contribution < 1.29 is 21.6 Å². The highest BCUT2D eigenvalue weighted by molar-refractivity contribution is 7.89. The molecule has 0 aliphatic heterocycles. The van der Waals surface area contributed by atoms with Gasteiger partial charge in [-0.1, -0.05) is 19.8 Å². The topological polar surface area (TPSA) is 74.8 Å². The van der Waals surface area contributed by atoms with E-state index in [-0.39, 0.29) is 12.0 Å². The maximum atomic E-state index is 12.7. The molecule has 5 nitrogen and oxygen atoms in total. The van der Waals surface area contributed by atoms with Gasteiger partial charge in [0.15, 0.2) is 5.69 Å². The Morgan fingerprint density at radius 2 is 2.00 bits per heavy atom. The second-order valence-corrected chi connectivity index (χ2v) is 7.18. The van der Waals surface area contributed by atoms with Crippen LogP contribution in [0.15, 0.2) is 11.1 Å². The van der Waals surface area contributed by atoms with Crippen molar-refractivity contribution in [1.29, 1.82) is 0 Å². The molecular weight excluding hydrogens is 295 g/mol. The molecule has 0 radical (unpaired) electrons. The number of nitrogens with one attached hydrogen (secondary N) is 2. The standard InChI is InChI=1S/C11H16F3N3O2S/c1-10(4-2-3-5-10)7-16-20(18,19)8-6-15-17-9(8)11(12,13)14/h6,16H,2-5,7H2,1H3,(H,15,17). The number of nitrogens with zero attached hydrogens (tertiary/aromatic N) is 1. The molecule has 2 rings (SSSR count). The van der Waals surface area contributed by atoms with E-state index >= 15 is 0 Å². The highest BCUT2D eigenvalue weighted by Crippen LogP contribution is 2.37. The minimum Gasteiger partial charge on any atom is -0.272 e. The van der Waals surface area contributed by atoms with E-state index in [4.69, 9.17) is 0 Å². The number of H-pyrrole nitrogens is 1. The first-order valence-electron chi connectivity index (χ1n) is 6.24. The van der Waals surface area contributed by atoms with Crippen LogP contribution in [-0.2, 0) is 16.2 Å². The van der Waals surface area contributed by atoms with E-state index in [2.05, 4.69) is 9.82 Å². The number of sulfonamides is 1. The third kappa shape index (κ3) is 3.14. The van der Waals surface area contributed by atoms with Gasteiger partial charge in [0, 0.05) is 6.54 Å². The highest BCUT2D eigenvalue weighted by Gasteiger charge is 2.40. The van der Waals surface area contributed by atoms with Gasteiger partial charge >= 0.3 is 6.18 Å². The molecule has 1 heterocycles. The molecule has 0 bridgehead atoms. The Kier molecular flexibility index (Phi) is 3.85. The van der Waals surface area contributed by atoms with E-state index < -0.39 is 26.8 Å². The summed E-state index contributed by atoms with van der Waals surface area (Å²) in [4.78, 5) is -0.855. The van der Waals surface area contributed by atoms with Crippen molar-refractivity contribution in [2.75, 3.05) is 6.54 Å². The van der Waals surface area contributed by atoms with Crippen LogP contribution in [-0.4, -0.2) is 25.2 Å². The van der Waals surface area contributed by atoms with Gasteiger partial charge < -0.3 is 0 Å². The van der Waals surface area contributed by atoms with Crippen molar-refractivity contribution in [3.8, 4) is 0 Å². The van der Waals surface area contributed by atoms with Gasteiger partial charge in [0.25, 0.3) is 0 Å². The number of rotatable bonds is 4. The Morgan fingerprint density at radius 1 is 1.40 bits per heavy atom. The van der Waals surface area contributed by atoms with Crippen molar-refractivity contribution in [1.82, 2.24) is 14.9 Å². The van der Waals surface area contributed by atoms with Gasteiger partial charge in [-0.25, -0.2) is 13.1 Å². The molecule has 0 atom stereocenters. The average Bonchev–Trinajstić information content (AvgIpc) is 2.95. The summed E-state index contributed by atoms with van der Waals surface area (Å²) in [6.07, 6.45) is -0.338. The van der Waals surface area contributed by atoms with Crippen LogP contribution in [0.5, 0.6) is 0 Å². The molecule has 1 aromatic rings. The molecule has 0 spiro atoms. The molecular formula is C11H16F3N3O2S.